The Bertz CT molecular complexity index is 611. The molecule has 1 heterocycles. The van der Waals surface area contributed by atoms with Crippen molar-refractivity contribution in [2.75, 3.05) is 31.2 Å². The Labute approximate surface area is 125 Å². The number of rotatable bonds is 2. The molecule has 0 atom stereocenters. The van der Waals surface area contributed by atoms with Gasteiger partial charge in [0.1, 0.15) is 5.82 Å². The van der Waals surface area contributed by atoms with Crippen molar-refractivity contribution in [1.82, 2.24) is 4.90 Å². The molecule has 1 fully saturated rings. The van der Waals surface area contributed by atoms with Crippen LogP contribution in [0.1, 0.15) is 22.3 Å². The fourth-order valence-corrected chi connectivity index (χ4v) is 3.08. The minimum atomic E-state index is -0.859. The second-order valence-corrected chi connectivity index (χ2v) is 6.30. The summed E-state index contributed by atoms with van der Waals surface area (Å²) >= 11 is 0. The van der Waals surface area contributed by atoms with Gasteiger partial charge in [-0.2, -0.15) is 0 Å². The highest BCUT2D eigenvalue weighted by atomic mass is 32.2. The van der Waals surface area contributed by atoms with Crippen molar-refractivity contribution < 1.29 is 18.5 Å². The summed E-state index contributed by atoms with van der Waals surface area (Å²) in [7, 11) is -0.859. The van der Waals surface area contributed by atoms with Gasteiger partial charge in [0.2, 0.25) is 0 Å². The lowest BCUT2D eigenvalue weighted by Gasteiger charge is -2.26. The largest absolute Gasteiger partial charge is 0.395 e. The topological polar surface area (TPSA) is 57.6 Å². The maximum absolute atomic E-state index is 13.3. The average Bonchev–Trinajstić information content (AvgIpc) is 2.48. The molecule has 1 aromatic rings. The van der Waals surface area contributed by atoms with E-state index in [2.05, 4.69) is 11.8 Å². The van der Waals surface area contributed by atoms with Crippen LogP contribution in [0, 0.1) is 17.7 Å². The summed E-state index contributed by atoms with van der Waals surface area (Å²) in [5.74, 6) is 5.68. The fourth-order valence-electron chi connectivity index (χ4n) is 2.03. The van der Waals surface area contributed by atoms with E-state index in [1.165, 1.54) is 18.2 Å². The molecule has 0 radical (unpaired) electrons. The van der Waals surface area contributed by atoms with Crippen molar-refractivity contribution in [3.05, 3.63) is 35.1 Å². The maximum atomic E-state index is 13.3. The summed E-state index contributed by atoms with van der Waals surface area (Å²) in [4.78, 5) is 14.1. The second-order valence-electron chi connectivity index (χ2n) is 4.61. The highest BCUT2D eigenvalue weighted by molar-refractivity contribution is 7.85. The molecule has 2 rings (SSSR count). The molecule has 0 spiro atoms. The van der Waals surface area contributed by atoms with Crippen molar-refractivity contribution in [2.24, 2.45) is 0 Å². The van der Waals surface area contributed by atoms with Crippen molar-refractivity contribution in [2.45, 2.75) is 6.42 Å². The lowest BCUT2D eigenvalue weighted by atomic mass is 10.1. The molecule has 0 bridgehead atoms. The van der Waals surface area contributed by atoms with Gasteiger partial charge in [0.05, 0.1) is 12.2 Å². The molecule has 0 unspecified atom stereocenters. The quantitative estimate of drug-likeness (QED) is 0.821. The lowest BCUT2D eigenvalue weighted by molar-refractivity contribution is 0.0771. The molecule has 1 aromatic carbocycles. The number of halogens is 1. The van der Waals surface area contributed by atoms with Crippen LogP contribution in [0.2, 0.25) is 0 Å². The predicted octanol–water partition coefficient (Wildman–Crippen LogP) is 0.764. The van der Waals surface area contributed by atoms with Crippen molar-refractivity contribution >= 4 is 16.7 Å². The molecule has 112 valence electrons. The normalized spacial score (nSPS) is 15.4. The molecule has 1 aliphatic heterocycles. The molecule has 0 aromatic heterocycles. The van der Waals surface area contributed by atoms with E-state index in [1.807, 2.05) is 0 Å². The lowest BCUT2D eigenvalue weighted by Crippen LogP contribution is -2.42. The Morgan fingerprint density at radius 2 is 2.10 bits per heavy atom. The van der Waals surface area contributed by atoms with Gasteiger partial charge in [0, 0.05) is 47.4 Å². The molecule has 21 heavy (non-hydrogen) atoms. The molecule has 0 aliphatic carbocycles. The molecule has 1 saturated heterocycles. The maximum Gasteiger partial charge on any atom is 0.255 e. The summed E-state index contributed by atoms with van der Waals surface area (Å²) in [6.45, 7) is 0.794. The van der Waals surface area contributed by atoms with Crippen LogP contribution in [0.15, 0.2) is 18.2 Å². The first-order chi connectivity index (χ1) is 10.1. The fraction of sp³-hybridized carbons (Fsp3) is 0.400. The second kappa shape index (κ2) is 7.34. The first-order valence-electron chi connectivity index (χ1n) is 6.65. The number of hydrogen-bond donors (Lipinski definition) is 1. The number of aliphatic hydroxyl groups excluding tert-OH is 1. The Kier molecular flexibility index (Phi) is 5.48. The van der Waals surface area contributed by atoms with E-state index in [0.29, 0.717) is 35.7 Å². The molecule has 0 saturated carbocycles. The van der Waals surface area contributed by atoms with Crippen LogP contribution in [0.5, 0.6) is 0 Å². The average molecular weight is 309 g/mol. The zero-order valence-electron chi connectivity index (χ0n) is 11.5. The first kappa shape index (κ1) is 15.7. The molecule has 6 heteroatoms. The zero-order valence-corrected chi connectivity index (χ0v) is 12.3. The molecule has 1 aliphatic rings. The molecule has 1 amide bonds. The van der Waals surface area contributed by atoms with E-state index < -0.39 is 16.6 Å². The molecule has 1 N–H and O–H groups in total. The van der Waals surface area contributed by atoms with Crippen LogP contribution in [0.4, 0.5) is 4.39 Å². The number of carbonyl (C=O) groups excluding carboxylic acids is 1. The molecular formula is C15H16FNO3S. The number of amides is 1. The van der Waals surface area contributed by atoms with Gasteiger partial charge < -0.3 is 10.0 Å². The van der Waals surface area contributed by atoms with E-state index in [9.17, 15) is 13.4 Å². The monoisotopic (exact) mass is 309 g/mol. The predicted molar refractivity (Wildman–Crippen MR) is 78.8 cm³/mol. The van der Waals surface area contributed by atoms with Crippen LogP contribution < -0.4 is 0 Å². The van der Waals surface area contributed by atoms with E-state index in [1.54, 1.807) is 4.90 Å². The van der Waals surface area contributed by atoms with Crippen molar-refractivity contribution in [1.29, 1.82) is 0 Å². The minimum absolute atomic E-state index is 0.0798. The van der Waals surface area contributed by atoms with Gasteiger partial charge in [0.15, 0.2) is 0 Å². The third-order valence-electron chi connectivity index (χ3n) is 3.14. The Hall–Kier alpha value is -1.71. The van der Waals surface area contributed by atoms with E-state index >= 15 is 0 Å². The highest BCUT2D eigenvalue weighted by Gasteiger charge is 2.23. The first-order valence-corrected chi connectivity index (χ1v) is 8.14. The van der Waals surface area contributed by atoms with Gasteiger partial charge in [-0.15, -0.1) is 0 Å². The number of aliphatic hydroxyl groups is 1. The van der Waals surface area contributed by atoms with Crippen LogP contribution in [-0.2, 0) is 10.8 Å². The van der Waals surface area contributed by atoms with Crippen molar-refractivity contribution in [3.63, 3.8) is 0 Å². The van der Waals surface area contributed by atoms with E-state index in [4.69, 9.17) is 5.11 Å². The minimum Gasteiger partial charge on any atom is -0.395 e. The highest BCUT2D eigenvalue weighted by Crippen LogP contribution is 2.15. The van der Waals surface area contributed by atoms with E-state index in [0.717, 1.165) is 0 Å². The van der Waals surface area contributed by atoms with Crippen LogP contribution >= 0.6 is 0 Å². The van der Waals surface area contributed by atoms with Gasteiger partial charge in [-0.3, -0.25) is 9.00 Å². The zero-order chi connectivity index (χ0) is 15.2. The van der Waals surface area contributed by atoms with Crippen LogP contribution in [0.25, 0.3) is 0 Å². The summed E-state index contributed by atoms with van der Waals surface area (Å²) in [6, 6.07) is 3.87. The SMILES string of the molecule is O=C(c1ccc(F)cc1C#CCCO)N1CCS(=O)CC1. The summed E-state index contributed by atoms with van der Waals surface area (Å²) in [6.07, 6.45) is 0.271. The summed E-state index contributed by atoms with van der Waals surface area (Å²) in [5, 5.41) is 8.73. The van der Waals surface area contributed by atoms with Gasteiger partial charge >= 0.3 is 0 Å². The van der Waals surface area contributed by atoms with Crippen LogP contribution in [0.3, 0.4) is 0 Å². The Balaban J connectivity index is 2.24. The van der Waals surface area contributed by atoms with Gasteiger partial charge in [-0.25, -0.2) is 4.39 Å². The Morgan fingerprint density at radius 1 is 1.38 bits per heavy atom. The van der Waals surface area contributed by atoms with Crippen molar-refractivity contribution in [3.8, 4) is 11.8 Å². The summed E-state index contributed by atoms with van der Waals surface area (Å²) < 4.78 is 24.7. The van der Waals surface area contributed by atoms with Gasteiger partial charge in [-0.05, 0) is 18.2 Å². The number of hydrogen-bond acceptors (Lipinski definition) is 3. The number of carbonyl (C=O) groups is 1. The van der Waals surface area contributed by atoms with Crippen LogP contribution in [-0.4, -0.2) is 51.3 Å². The Morgan fingerprint density at radius 3 is 2.76 bits per heavy atom. The smallest absolute Gasteiger partial charge is 0.255 e. The molecule has 4 nitrogen and oxygen atoms in total. The summed E-state index contributed by atoms with van der Waals surface area (Å²) in [5.41, 5.74) is 0.662. The van der Waals surface area contributed by atoms with E-state index in [-0.39, 0.29) is 18.9 Å². The van der Waals surface area contributed by atoms with Gasteiger partial charge in [-0.1, -0.05) is 11.8 Å². The number of benzene rings is 1. The molecular weight excluding hydrogens is 293 g/mol. The third-order valence-corrected chi connectivity index (χ3v) is 4.41. The standard InChI is InChI=1S/C15H16FNO3S/c16-13-4-5-14(12(11-13)3-1-2-8-18)15(19)17-6-9-21(20)10-7-17/h4-5,11,18H,2,6-10H2. The third kappa shape index (κ3) is 4.13. The number of nitrogens with zero attached hydrogens (tertiary/aromatic N) is 1. The van der Waals surface area contributed by atoms with Gasteiger partial charge in [0.25, 0.3) is 5.91 Å².